The molecule has 0 unspecified atom stereocenters. The van der Waals surface area contributed by atoms with Crippen LogP contribution >= 0.6 is 0 Å². The van der Waals surface area contributed by atoms with E-state index in [1.165, 1.54) is 30.7 Å². The second-order valence-electron chi connectivity index (χ2n) is 5.55. The summed E-state index contributed by atoms with van der Waals surface area (Å²) in [6.07, 6.45) is 6.53. The second kappa shape index (κ2) is 8.49. The third-order valence-corrected chi connectivity index (χ3v) is 3.67. The molecule has 134 valence electrons. The number of amides is 1. The lowest BCUT2D eigenvalue weighted by molar-refractivity contribution is 0.0955. The fourth-order valence-corrected chi connectivity index (χ4v) is 2.37. The summed E-state index contributed by atoms with van der Waals surface area (Å²) in [5.41, 5.74) is 4.79. The fourth-order valence-electron chi connectivity index (χ4n) is 2.37. The van der Waals surface area contributed by atoms with Crippen molar-refractivity contribution in [3.05, 3.63) is 71.9 Å². The van der Waals surface area contributed by atoms with Crippen molar-refractivity contribution < 1.29 is 9.18 Å². The number of nitriles is 1. The molecule has 0 aliphatic carbocycles. The third-order valence-electron chi connectivity index (χ3n) is 3.67. The van der Waals surface area contributed by atoms with E-state index in [0.717, 1.165) is 0 Å². The molecule has 3 rings (SSSR count). The Hall–Kier alpha value is -3.86. The molecule has 0 spiro atoms. The third kappa shape index (κ3) is 4.61. The molecule has 2 heterocycles. The first-order valence-corrected chi connectivity index (χ1v) is 8.11. The van der Waals surface area contributed by atoms with Gasteiger partial charge >= 0.3 is 0 Å². The summed E-state index contributed by atoms with van der Waals surface area (Å²) in [6.45, 7) is 0.419. The monoisotopic (exact) mass is 362 g/mol. The lowest BCUT2D eigenvalue weighted by Gasteiger charge is -2.00. The molecule has 0 atom stereocenters. The van der Waals surface area contributed by atoms with Gasteiger partial charge in [-0.25, -0.2) is 9.82 Å². The molecule has 2 aromatic heterocycles. The fraction of sp³-hybridized carbons (Fsp3) is 0.105. The topological polar surface area (TPSA) is 96.0 Å². The molecule has 8 heteroatoms. The SMILES string of the molecule is N#CCCn1cc(/C=N/NC(=O)c2ccncc2)c(-c2ccc(F)cc2)n1. The Kier molecular flexibility index (Phi) is 5.64. The van der Waals surface area contributed by atoms with Crippen molar-refractivity contribution in [1.82, 2.24) is 20.2 Å². The maximum Gasteiger partial charge on any atom is 0.271 e. The van der Waals surface area contributed by atoms with Crippen LogP contribution in [0.4, 0.5) is 4.39 Å². The van der Waals surface area contributed by atoms with Crippen LogP contribution in [0.25, 0.3) is 11.3 Å². The Balaban J connectivity index is 1.82. The van der Waals surface area contributed by atoms with E-state index < -0.39 is 0 Å². The normalized spacial score (nSPS) is 10.7. The first kappa shape index (κ1) is 17.9. The summed E-state index contributed by atoms with van der Waals surface area (Å²) >= 11 is 0. The van der Waals surface area contributed by atoms with Gasteiger partial charge in [-0.05, 0) is 36.4 Å². The number of benzene rings is 1. The van der Waals surface area contributed by atoms with Crippen LogP contribution in [0, 0.1) is 17.1 Å². The second-order valence-corrected chi connectivity index (χ2v) is 5.55. The summed E-state index contributed by atoms with van der Waals surface area (Å²) in [7, 11) is 0. The number of carbonyl (C=O) groups excluding carboxylic acids is 1. The minimum absolute atomic E-state index is 0.305. The predicted molar refractivity (Wildman–Crippen MR) is 97.1 cm³/mol. The van der Waals surface area contributed by atoms with Crippen molar-refractivity contribution in [1.29, 1.82) is 5.26 Å². The number of nitrogens with zero attached hydrogens (tertiary/aromatic N) is 5. The van der Waals surface area contributed by atoms with Gasteiger partial charge in [-0.15, -0.1) is 0 Å². The molecular weight excluding hydrogens is 347 g/mol. The van der Waals surface area contributed by atoms with Gasteiger partial charge in [0.2, 0.25) is 0 Å². The number of halogens is 1. The zero-order valence-corrected chi connectivity index (χ0v) is 14.2. The average molecular weight is 362 g/mol. The molecule has 27 heavy (non-hydrogen) atoms. The van der Waals surface area contributed by atoms with Crippen LogP contribution in [0.2, 0.25) is 0 Å². The number of aryl methyl sites for hydroxylation is 1. The van der Waals surface area contributed by atoms with Crippen molar-refractivity contribution in [3.8, 4) is 17.3 Å². The molecule has 3 aromatic rings. The Labute approximate surface area is 154 Å². The lowest BCUT2D eigenvalue weighted by Crippen LogP contribution is -2.17. The molecular formula is C19H15FN6O. The van der Waals surface area contributed by atoms with E-state index in [1.807, 2.05) is 0 Å². The van der Waals surface area contributed by atoms with Gasteiger partial charge in [0.1, 0.15) is 11.5 Å². The van der Waals surface area contributed by atoms with E-state index in [1.54, 1.807) is 35.1 Å². The van der Waals surface area contributed by atoms with E-state index in [9.17, 15) is 9.18 Å². The quantitative estimate of drug-likeness (QED) is 0.539. The standard InChI is InChI=1S/C19H15FN6O/c20-17-4-2-14(3-5-17)18-16(13-26(25-18)11-1-8-21)12-23-24-19(27)15-6-9-22-10-7-15/h2-7,9-10,12-13H,1,11H2,(H,24,27)/b23-12+. The van der Waals surface area contributed by atoms with Crippen molar-refractivity contribution >= 4 is 12.1 Å². The summed E-state index contributed by atoms with van der Waals surface area (Å²) < 4.78 is 14.8. The van der Waals surface area contributed by atoms with Gasteiger partial charge in [-0.3, -0.25) is 14.5 Å². The van der Waals surface area contributed by atoms with Gasteiger partial charge in [0.25, 0.3) is 5.91 Å². The minimum atomic E-state index is -0.367. The first-order chi connectivity index (χ1) is 13.2. The average Bonchev–Trinajstić information content (AvgIpc) is 3.10. The van der Waals surface area contributed by atoms with Crippen molar-refractivity contribution in [2.75, 3.05) is 0 Å². The number of hydrogen-bond acceptors (Lipinski definition) is 5. The van der Waals surface area contributed by atoms with Crippen molar-refractivity contribution in [3.63, 3.8) is 0 Å². The lowest BCUT2D eigenvalue weighted by atomic mass is 10.1. The number of nitrogens with one attached hydrogen (secondary N) is 1. The van der Waals surface area contributed by atoms with E-state index in [4.69, 9.17) is 5.26 Å². The minimum Gasteiger partial charge on any atom is -0.270 e. The highest BCUT2D eigenvalue weighted by Gasteiger charge is 2.10. The number of rotatable bonds is 6. The van der Waals surface area contributed by atoms with Gasteiger partial charge in [-0.2, -0.15) is 15.5 Å². The maximum atomic E-state index is 13.2. The van der Waals surface area contributed by atoms with Gasteiger partial charge in [0.15, 0.2) is 0 Å². The van der Waals surface area contributed by atoms with Crippen LogP contribution in [0.3, 0.4) is 0 Å². The molecule has 1 amide bonds. The number of pyridine rings is 1. The molecule has 1 N–H and O–H groups in total. The van der Waals surface area contributed by atoms with Crippen LogP contribution in [0.5, 0.6) is 0 Å². The molecule has 0 saturated carbocycles. The molecule has 0 aliphatic rings. The molecule has 0 bridgehead atoms. The zero-order chi connectivity index (χ0) is 19.1. The molecule has 0 fully saturated rings. The molecule has 0 aliphatic heterocycles. The summed E-state index contributed by atoms with van der Waals surface area (Å²) in [5.74, 6) is -0.712. The van der Waals surface area contributed by atoms with Crippen LogP contribution in [0.1, 0.15) is 22.3 Å². The van der Waals surface area contributed by atoms with E-state index in [-0.39, 0.29) is 11.7 Å². The summed E-state index contributed by atoms with van der Waals surface area (Å²) in [4.78, 5) is 15.9. The molecule has 7 nitrogen and oxygen atoms in total. The van der Waals surface area contributed by atoms with Crippen molar-refractivity contribution in [2.45, 2.75) is 13.0 Å². The molecule has 0 saturated heterocycles. The van der Waals surface area contributed by atoms with Gasteiger partial charge in [-0.1, -0.05) is 0 Å². The summed E-state index contributed by atoms with van der Waals surface area (Å²) in [6, 6.07) is 11.1. The highest BCUT2D eigenvalue weighted by Crippen LogP contribution is 2.21. The number of hydrazone groups is 1. The summed E-state index contributed by atoms with van der Waals surface area (Å²) in [5, 5.41) is 17.2. The van der Waals surface area contributed by atoms with E-state index in [0.29, 0.717) is 35.3 Å². The van der Waals surface area contributed by atoms with Gasteiger partial charge in [0, 0.05) is 35.3 Å². The van der Waals surface area contributed by atoms with Crippen molar-refractivity contribution in [2.24, 2.45) is 5.10 Å². The zero-order valence-electron chi connectivity index (χ0n) is 14.2. The highest BCUT2D eigenvalue weighted by atomic mass is 19.1. The van der Waals surface area contributed by atoms with Gasteiger partial charge < -0.3 is 0 Å². The largest absolute Gasteiger partial charge is 0.271 e. The Morgan fingerprint density at radius 1 is 1.26 bits per heavy atom. The molecule has 0 radical (unpaired) electrons. The van der Waals surface area contributed by atoms with Crippen LogP contribution < -0.4 is 5.43 Å². The van der Waals surface area contributed by atoms with E-state index >= 15 is 0 Å². The number of aromatic nitrogens is 3. The Bertz CT molecular complexity index is 989. The van der Waals surface area contributed by atoms with E-state index in [2.05, 4.69) is 26.7 Å². The smallest absolute Gasteiger partial charge is 0.270 e. The number of hydrogen-bond donors (Lipinski definition) is 1. The predicted octanol–water partition coefficient (Wildman–Crippen LogP) is 2.76. The highest BCUT2D eigenvalue weighted by molar-refractivity contribution is 5.95. The van der Waals surface area contributed by atoms with Crippen LogP contribution in [-0.2, 0) is 6.54 Å². The molecule has 1 aromatic carbocycles. The Morgan fingerprint density at radius 2 is 2.00 bits per heavy atom. The van der Waals surface area contributed by atoms with Crippen LogP contribution in [0.15, 0.2) is 60.1 Å². The first-order valence-electron chi connectivity index (χ1n) is 8.11. The van der Waals surface area contributed by atoms with Crippen LogP contribution in [-0.4, -0.2) is 26.9 Å². The maximum absolute atomic E-state index is 13.2. The Morgan fingerprint density at radius 3 is 2.70 bits per heavy atom. The van der Waals surface area contributed by atoms with Gasteiger partial charge in [0.05, 0.1) is 25.2 Å². The number of carbonyl (C=O) groups is 1.